The quantitative estimate of drug-likeness (QED) is 0.479. The van der Waals surface area contributed by atoms with Crippen molar-refractivity contribution in [3.05, 3.63) is 35.9 Å². The van der Waals surface area contributed by atoms with Crippen LogP contribution in [0.4, 0.5) is 4.79 Å². The van der Waals surface area contributed by atoms with Crippen LogP contribution in [0.25, 0.3) is 0 Å². The molecule has 2 unspecified atom stereocenters. The number of rotatable bonds is 8. The van der Waals surface area contributed by atoms with Crippen molar-refractivity contribution in [2.45, 2.75) is 72.3 Å². The number of carbonyl (C=O) groups excluding carboxylic acids is 3. The molecule has 7 heteroatoms. The Morgan fingerprint density at radius 1 is 1.00 bits per heavy atom. The molecule has 0 saturated carbocycles. The van der Waals surface area contributed by atoms with Crippen LogP contribution < -0.4 is 0 Å². The monoisotopic (exact) mass is 407 g/mol. The van der Waals surface area contributed by atoms with Crippen molar-refractivity contribution in [2.75, 3.05) is 7.05 Å². The summed E-state index contributed by atoms with van der Waals surface area (Å²) in [6.07, 6.45) is -1.34. The molecule has 0 saturated heterocycles. The van der Waals surface area contributed by atoms with E-state index in [1.165, 1.54) is 18.9 Å². The Morgan fingerprint density at radius 3 is 2.10 bits per heavy atom. The molecule has 29 heavy (non-hydrogen) atoms. The zero-order valence-corrected chi connectivity index (χ0v) is 18.4. The van der Waals surface area contributed by atoms with Crippen molar-refractivity contribution >= 4 is 18.0 Å². The molecule has 0 radical (unpaired) electrons. The van der Waals surface area contributed by atoms with E-state index < -0.39 is 35.8 Å². The summed E-state index contributed by atoms with van der Waals surface area (Å²) >= 11 is 0. The van der Waals surface area contributed by atoms with Crippen molar-refractivity contribution in [3.8, 4) is 0 Å². The van der Waals surface area contributed by atoms with Crippen LogP contribution in [0.5, 0.6) is 0 Å². The molecule has 0 aliphatic carbocycles. The molecule has 1 aromatic rings. The van der Waals surface area contributed by atoms with E-state index >= 15 is 0 Å². The van der Waals surface area contributed by atoms with Gasteiger partial charge in [-0.05, 0) is 45.6 Å². The van der Waals surface area contributed by atoms with Crippen LogP contribution >= 0.6 is 0 Å². The van der Waals surface area contributed by atoms with E-state index in [9.17, 15) is 14.4 Å². The molecule has 1 amide bonds. The average molecular weight is 408 g/mol. The van der Waals surface area contributed by atoms with E-state index in [0.717, 1.165) is 5.56 Å². The third kappa shape index (κ3) is 8.98. The molecule has 0 fully saturated rings. The van der Waals surface area contributed by atoms with Crippen molar-refractivity contribution in [3.63, 3.8) is 0 Å². The van der Waals surface area contributed by atoms with Gasteiger partial charge < -0.3 is 14.2 Å². The highest BCUT2D eigenvalue weighted by Gasteiger charge is 2.34. The highest BCUT2D eigenvalue weighted by molar-refractivity contribution is 5.84. The number of likely N-dealkylation sites (N-methyl/N-ethyl adjacent to an activating group) is 1. The third-order valence-corrected chi connectivity index (χ3v) is 3.96. The van der Waals surface area contributed by atoms with Gasteiger partial charge in [0.1, 0.15) is 18.2 Å². The van der Waals surface area contributed by atoms with Crippen molar-refractivity contribution in [1.29, 1.82) is 0 Å². The molecule has 2 atom stereocenters. The van der Waals surface area contributed by atoms with Crippen molar-refractivity contribution < 1.29 is 28.6 Å². The number of amides is 1. The summed E-state index contributed by atoms with van der Waals surface area (Å²) in [5.74, 6) is -1.19. The van der Waals surface area contributed by atoms with Crippen LogP contribution in [0.2, 0.25) is 0 Å². The second kappa shape index (κ2) is 10.8. The van der Waals surface area contributed by atoms with Gasteiger partial charge in [0.05, 0.1) is 0 Å². The first-order chi connectivity index (χ1) is 13.4. The molecule has 162 valence electrons. The van der Waals surface area contributed by atoms with Gasteiger partial charge in [-0.1, -0.05) is 44.2 Å². The summed E-state index contributed by atoms with van der Waals surface area (Å²) in [6, 6.07) is 8.35. The van der Waals surface area contributed by atoms with Gasteiger partial charge in [0.25, 0.3) is 0 Å². The number of benzene rings is 1. The molecular formula is C22H33NO6. The molecule has 0 bridgehead atoms. The Morgan fingerprint density at radius 2 is 1.59 bits per heavy atom. The summed E-state index contributed by atoms with van der Waals surface area (Å²) in [4.78, 5) is 38.5. The summed E-state index contributed by atoms with van der Waals surface area (Å²) in [7, 11) is 1.49. The molecule has 0 aromatic heterocycles. The number of esters is 2. The average Bonchev–Trinajstić information content (AvgIpc) is 2.62. The number of nitrogens with zero attached hydrogens (tertiary/aromatic N) is 1. The first-order valence-electron chi connectivity index (χ1n) is 9.77. The van der Waals surface area contributed by atoms with Crippen molar-refractivity contribution in [1.82, 2.24) is 4.90 Å². The lowest BCUT2D eigenvalue weighted by Gasteiger charge is -2.30. The molecular weight excluding hydrogens is 374 g/mol. The Hall–Kier alpha value is -2.57. The fourth-order valence-electron chi connectivity index (χ4n) is 2.47. The van der Waals surface area contributed by atoms with E-state index in [4.69, 9.17) is 14.2 Å². The van der Waals surface area contributed by atoms with E-state index in [1.807, 2.05) is 44.2 Å². The van der Waals surface area contributed by atoms with E-state index in [-0.39, 0.29) is 12.5 Å². The summed E-state index contributed by atoms with van der Waals surface area (Å²) in [6.45, 7) is 10.7. The summed E-state index contributed by atoms with van der Waals surface area (Å²) in [5, 5.41) is 0. The first-order valence-corrected chi connectivity index (χ1v) is 9.77. The number of hydrogen-bond donors (Lipinski definition) is 0. The maximum atomic E-state index is 12.7. The van der Waals surface area contributed by atoms with E-state index in [0.29, 0.717) is 6.42 Å². The van der Waals surface area contributed by atoms with Gasteiger partial charge in [0.15, 0.2) is 6.10 Å². The molecule has 0 aliphatic rings. The normalized spacial score (nSPS) is 13.4. The minimum absolute atomic E-state index is 0.0921. The lowest BCUT2D eigenvalue weighted by atomic mass is 10.0. The topological polar surface area (TPSA) is 82.1 Å². The SMILES string of the molecule is CC(C)CC(C(=O)OC(C)C(=O)OCc1ccccc1)N(C)C(=O)OC(C)(C)C. The van der Waals surface area contributed by atoms with Gasteiger partial charge in [-0.15, -0.1) is 0 Å². The summed E-state index contributed by atoms with van der Waals surface area (Å²) < 4.78 is 15.8. The van der Waals surface area contributed by atoms with E-state index in [2.05, 4.69) is 0 Å². The summed E-state index contributed by atoms with van der Waals surface area (Å²) in [5.41, 5.74) is 0.147. The predicted octanol–water partition coefficient (Wildman–Crippen LogP) is 3.94. The highest BCUT2D eigenvalue weighted by Crippen LogP contribution is 2.17. The maximum absolute atomic E-state index is 12.7. The van der Waals surface area contributed by atoms with Crippen LogP contribution in [-0.4, -0.2) is 47.7 Å². The minimum atomic E-state index is -1.09. The van der Waals surface area contributed by atoms with E-state index in [1.54, 1.807) is 20.8 Å². The number of hydrogen-bond acceptors (Lipinski definition) is 6. The first kappa shape index (κ1) is 24.5. The predicted molar refractivity (Wildman–Crippen MR) is 109 cm³/mol. The number of carbonyl (C=O) groups is 3. The van der Waals surface area contributed by atoms with Gasteiger partial charge >= 0.3 is 18.0 Å². The zero-order valence-electron chi connectivity index (χ0n) is 18.4. The molecule has 1 aromatic carbocycles. The van der Waals surface area contributed by atoms with Crippen LogP contribution in [0.15, 0.2) is 30.3 Å². The van der Waals surface area contributed by atoms with Crippen LogP contribution in [-0.2, 0) is 30.4 Å². The molecule has 0 aliphatic heterocycles. The Labute approximate surface area is 173 Å². The Kier molecular flexibility index (Phi) is 9.14. The second-order valence-corrected chi connectivity index (χ2v) is 8.41. The molecule has 0 heterocycles. The third-order valence-electron chi connectivity index (χ3n) is 3.96. The number of ether oxygens (including phenoxy) is 3. The fraction of sp³-hybridized carbons (Fsp3) is 0.591. The molecule has 1 rings (SSSR count). The van der Waals surface area contributed by atoms with Crippen LogP contribution in [0.3, 0.4) is 0 Å². The Balaban J connectivity index is 2.72. The second-order valence-electron chi connectivity index (χ2n) is 8.41. The lowest BCUT2D eigenvalue weighted by molar-refractivity contribution is -0.170. The minimum Gasteiger partial charge on any atom is -0.458 e. The molecule has 0 N–H and O–H groups in total. The largest absolute Gasteiger partial charge is 0.458 e. The molecule has 0 spiro atoms. The van der Waals surface area contributed by atoms with Gasteiger partial charge in [-0.3, -0.25) is 4.90 Å². The zero-order chi connectivity index (χ0) is 22.2. The highest BCUT2D eigenvalue weighted by atomic mass is 16.6. The maximum Gasteiger partial charge on any atom is 0.410 e. The van der Waals surface area contributed by atoms with Gasteiger partial charge in [0, 0.05) is 7.05 Å². The van der Waals surface area contributed by atoms with Crippen LogP contribution in [0, 0.1) is 5.92 Å². The van der Waals surface area contributed by atoms with Crippen LogP contribution in [0.1, 0.15) is 53.5 Å². The van der Waals surface area contributed by atoms with Gasteiger partial charge in [0.2, 0.25) is 0 Å². The molecule has 7 nitrogen and oxygen atoms in total. The van der Waals surface area contributed by atoms with Gasteiger partial charge in [-0.2, -0.15) is 0 Å². The Bertz CT molecular complexity index is 680. The fourth-order valence-corrected chi connectivity index (χ4v) is 2.47. The lowest BCUT2D eigenvalue weighted by Crippen LogP contribution is -2.47. The standard InChI is InChI=1S/C22H33NO6/c1-15(2)13-18(23(7)21(26)29-22(4,5)6)20(25)28-16(3)19(24)27-14-17-11-9-8-10-12-17/h8-12,15-16,18H,13-14H2,1-7H3. The smallest absolute Gasteiger partial charge is 0.410 e. The van der Waals surface area contributed by atoms with Crippen molar-refractivity contribution in [2.24, 2.45) is 5.92 Å². The van der Waals surface area contributed by atoms with Gasteiger partial charge in [-0.25, -0.2) is 14.4 Å².